The van der Waals surface area contributed by atoms with Gasteiger partial charge in [-0.05, 0) is 67.7 Å². The molecule has 2 aromatic carbocycles. The van der Waals surface area contributed by atoms with Crippen molar-refractivity contribution in [2.45, 2.75) is 46.8 Å². The van der Waals surface area contributed by atoms with Crippen molar-refractivity contribution in [3.8, 4) is 22.6 Å². The van der Waals surface area contributed by atoms with Crippen LogP contribution >= 0.6 is 15.9 Å². The predicted octanol–water partition coefficient (Wildman–Crippen LogP) is 6.00. The fourth-order valence-electron chi connectivity index (χ4n) is 2.38. The Hall–Kier alpha value is -1.48. The lowest BCUT2D eigenvalue weighted by Crippen LogP contribution is -2.10. The number of benzene rings is 2. The van der Waals surface area contributed by atoms with Gasteiger partial charge in [-0.3, -0.25) is 0 Å². The summed E-state index contributed by atoms with van der Waals surface area (Å²) in [5.74, 6) is 1.67. The Kier molecular flexibility index (Phi) is 5.52. The third-order valence-electron chi connectivity index (χ3n) is 3.16. The topological polar surface area (TPSA) is 18.5 Å². The van der Waals surface area contributed by atoms with Crippen molar-refractivity contribution in [2.75, 3.05) is 0 Å². The van der Waals surface area contributed by atoms with Crippen LogP contribution in [0.5, 0.6) is 11.5 Å². The predicted molar refractivity (Wildman–Crippen MR) is 95.8 cm³/mol. The first kappa shape index (κ1) is 16.9. The third-order valence-corrected chi connectivity index (χ3v) is 3.91. The Morgan fingerprint density at radius 1 is 0.909 bits per heavy atom. The van der Waals surface area contributed by atoms with Crippen molar-refractivity contribution in [3.63, 3.8) is 0 Å². The highest BCUT2D eigenvalue weighted by molar-refractivity contribution is 9.10. The number of rotatable bonds is 5. The molecule has 118 valence electrons. The van der Waals surface area contributed by atoms with E-state index in [0.717, 1.165) is 32.7 Å². The Labute approximate surface area is 141 Å². The van der Waals surface area contributed by atoms with E-state index in [1.165, 1.54) is 0 Å². The maximum atomic E-state index is 6.11. The molecule has 0 heterocycles. The zero-order chi connectivity index (χ0) is 16.3. The van der Waals surface area contributed by atoms with Crippen LogP contribution in [0.1, 0.15) is 33.3 Å². The number of hydrogen-bond donors (Lipinski definition) is 0. The second kappa shape index (κ2) is 7.19. The van der Waals surface area contributed by atoms with Gasteiger partial charge in [0.1, 0.15) is 16.0 Å². The molecule has 22 heavy (non-hydrogen) atoms. The summed E-state index contributed by atoms with van der Waals surface area (Å²) in [4.78, 5) is 0. The van der Waals surface area contributed by atoms with Gasteiger partial charge in [0.2, 0.25) is 0 Å². The molecular weight excluding hydrogens is 340 g/mol. The summed E-state index contributed by atoms with van der Waals surface area (Å²) in [6.45, 7) is 10.2. The fourth-order valence-corrected chi connectivity index (χ4v) is 2.88. The Bertz CT molecular complexity index is 634. The quantitative estimate of drug-likeness (QED) is 0.649. The molecule has 0 aromatic heterocycles. The van der Waals surface area contributed by atoms with E-state index in [9.17, 15) is 0 Å². The minimum Gasteiger partial charge on any atom is -0.490 e. The minimum atomic E-state index is 0.0902. The largest absolute Gasteiger partial charge is 0.490 e. The zero-order valence-corrected chi connectivity index (χ0v) is 15.4. The second-order valence-electron chi connectivity index (χ2n) is 5.91. The maximum Gasteiger partial charge on any atom is 0.145 e. The summed E-state index contributed by atoms with van der Waals surface area (Å²) < 4.78 is 12.9. The van der Waals surface area contributed by atoms with Gasteiger partial charge in [-0.1, -0.05) is 30.3 Å². The average Bonchev–Trinajstić information content (AvgIpc) is 2.44. The average molecular weight is 363 g/mol. The number of ether oxygens (including phenoxy) is 2. The van der Waals surface area contributed by atoms with Crippen LogP contribution in [0.3, 0.4) is 0 Å². The van der Waals surface area contributed by atoms with Crippen LogP contribution in [0.2, 0.25) is 0 Å². The Balaban J connectivity index is 2.64. The first-order valence-corrected chi connectivity index (χ1v) is 8.41. The molecule has 0 saturated heterocycles. The van der Waals surface area contributed by atoms with E-state index in [4.69, 9.17) is 9.47 Å². The second-order valence-corrected chi connectivity index (χ2v) is 6.70. The van der Waals surface area contributed by atoms with Crippen molar-refractivity contribution in [1.82, 2.24) is 0 Å². The van der Waals surface area contributed by atoms with E-state index < -0.39 is 0 Å². The van der Waals surface area contributed by atoms with Gasteiger partial charge in [0.15, 0.2) is 0 Å². The van der Waals surface area contributed by atoms with E-state index >= 15 is 0 Å². The van der Waals surface area contributed by atoms with Crippen LogP contribution < -0.4 is 9.47 Å². The normalized spacial score (nSPS) is 11.1. The van der Waals surface area contributed by atoms with Gasteiger partial charge in [0.05, 0.1) is 12.2 Å². The van der Waals surface area contributed by atoms with Crippen molar-refractivity contribution in [3.05, 3.63) is 46.4 Å². The van der Waals surface area contributed by atoms with Crippen molar-refractivity contribution in [1.29, 1.82) is 0 Å². The first-order valence-electron chi connectivity index (χ1n) is 7.62. The maximum absolute atomic E-state index is 6.11. The molecule has 0 amide bonds. The summed E-state index contributed by atoms with van der Waals surface area (Å²) in [5.41, 5.74) is 3.39. The van der Waals surface area contributed by atoms with Gasteiger partial charge in [0.25, 0.3) is 0 Å². The molecule has 0 spiro atoms. The summed E-state index contributed by atoms with van der Waals surface area (Å²) >= 11 is 3.67. The third kappa shape index (κ3) is 3.83. The van der Waals surface area contributed by atoms with Gasteiger partial charge in [0, 0.05) is 5.56 Å². The van der Waals surface area contributed by atoms with Crippen molar-refractivity contribution in [2.24, 2.45) is 0 Å². The van der Waals surface area contributed by atoms with Crippen LogP contribution in [-0.4, -0.2) is 12.2 Å². The lowest BCUT2D eigenvalue weighted by Gasteiger charge is -2.22. The fraction of sp³-hybridized carbons (Fsp3) is 0.368. The van der Waals surface area contributed by atoms with Crippen molar-refractivity contribution < 1.29 is 9.47 Å². The monoisotopic (exact) mass is 362 g/mol. The van der Waals surface area contributed by atoms with Gasteiger partial charge < -0.3 is 9.47 Å². The van der Waals surface area contributed by atoms with Crippen LogP contribution in [0.4, 0.5) is 0 Å². The highest BCUT2D eigenvalue weighted by atomic mass is 79.9. The molecule has 0 aliphatic rings. The molecule has 3 heteroatoms. The molecule has 2 rings (SSSR count). The Morgan fingerprint density at radius 3 is 2.05 bits per heavy atom. The van der Waals surface area contributed by atoms with E-state index in [1.54, 1.807) is 0 Å². The molecule has 0 N–H and O–H groups in total. The van der Waals surface area contributed by atoms with E-state index in [-0.39, 0.29) is 12.2 Å². The van der Waals surface area contributed by atoms with Crippen LogP contribution in [0, 0.1) is 6.92 Å². The summed E-state index contributed by atoms with van der Waals surface area (Å²) in [6.07, 6.45) is 0.206. The summed E-state index contributed by atoms with van der Waals surface area (Å²) in [5, 5.41) is 0. The van der Waals surface area contributed by atoms with Crippen LogP contribution in [0.15, 0.2) is 40.9 Å². The van der Waals surface area contributed by atoms with E-state index in [0.29, 0.717) is 0 Å². The molecule has 0 saturated carbocycles. The molecule has 0 fully saturated rings. The number of halogens is 1. The van der Waals surface area contributed by atoms with Gasteiger partial charge in [-0.2, -0.15) is 0 Å². The highest BCUT2D eigenvalue weighted by Gasteiger charge is 2.20. The molecule has 0 radical (unpaired) electrons. The van der Waals surface area contributed by atoms with Gasteiger partial charge >= 0.3 is 0 Å². The van der Waals surface area contributed by atoms with Crippen LogP contribution in [0.25, 0.3) is 11.1 Å². The van der Waals surface area contributed by atoms with Crippen molar-refractivity contribution >= 4 is 15.9 Å². The molecule has 2 aromatic rings. The summed E-state index contributed by atoms with van der Waals surface area (Å²) in [6, 6.07) is 12.4. The van der Waals surface area contributed by atoms with Gasteiger partial charge in [-0.15, -0.1) is 0 Å². The first-order chi connectivity index (χ1) is 10.4. The number of aryl methyl sites for hydroxylation is 1. The summed E-state index contributed by atoms with van der Waals surface area (Å²) in [7, 11) is 0. The molecule has 0 atom stereocenters. The van der Waals surface area contributed by atoms with Crippen LogP contribution in [-0.2, 0) is 0 Å². The minimum absolute atomic E-state index is 0.0902. The lowest BCUT2D eigenvalue weighted by molar-refractivity contribution is 0.226. The van der Waals surface area contributed by atoms with Gasteiger partial charge in [-0.25, -0.2) is 0 Å². The zero-order valence-electron chi connectivity index (χ0n) is 13.8. The molecule has 0 unspecified atom stereocenters. The SMILES string of the molecule is Cc1cc(OC(C)C)c(Br)c(OC(C)C)c1-c1ccccc1. The Morgan fingerprint density at radius 2 is 1.50 bits per heavy atom. The highest BCUT2D eigenvalue weighted by Crippen LogP contribution is 2.45. The molecular formula is C19H23BrO2. The van der Waals surface area contributed by atoms with E-state index in [1.807, 2.05) is 45.9 Å². The van der Waals surface area contributed by atoms with E-state index in [2.05, 4.69) is 41.1 Å². The molecule has 0 bridgehead atoms. The molecule has 0 aliphatic heterocycles. The molecule has 2 nitrogen and oxygen atoms in total. The lowest BCUT2D eigenvalue weighted by atomic mass is 9.99. The number of hydrogen-bond acceptors (Lipinski definition) is 2. The smallest absolute Gasteiger partial charge is 0.145 e. The standard InChI is InChI=1S/C19H23BrO2/c1-12(2)21-16-11-14(5)17(15-9-7-6-8-10-15)19(18(16)20)22-13(3)4/h6-13H,1-5H3. The molecule has 0 aliphatic carbocycles.